The fraction of sp³-hybridized carbons (Fsp3) is 0.176. The molecule has 0 fully saturated rings. The van der Waals surface area contributed by atoms with Gasteiger partial charge in [0.2, 0.25) is 0 Å². The van der Waals surface area contributed by atoms with E-state index < -0.39 is 11.8 Å². The third kappa shape index (κ3) is 3.26. The number of phenols is 1. The maximum atomic E-state index is 12.7. The first-order valence-corrected chi connectivity index (χ1v) is 6.88. The van der Waals surface area contributed by atoms with Gasteiger partial charge in [0.15, 0.2) is 5.78 Å². The van der Waals surface area contributed by atoms with Gasteiger partial charge in [-0.15, -0.1) is 0 Å². The lowest BCUT2D eigenvalue weighted by Crippen LogP contribution is -2.13. The van der Waals surface area contributed by atoms with Crippen molar-refractivity contribution in [2.24, 2.45) is 0 Å². The summed E-state index contributed by atoms with van der Waals surface area (Å²) < 4.78 is 4.68. The highest BCUT2D eigenvalue weighted by Gasteiger charge is 2.21. The van der Waals surface area contributed by atoms with E-state index in [1.807, 2.05) is 14.1 Å². The molecule has 0 unspecified atom stereocenters. The number of aromatic hydroxyl groups is 1. The molecule has 0 radical (unpaired) electrons. The Hall–Kier alpha value is -3.02. The zero-order valence-electron chi connectivity index (χ0n) is 13.2. The summed E-state index contributed by atoms with van der Waals surface area (Å²) in [6.45, 7) is 0. The molecule has 0 heterocycles. The highest BCUT2D eigenvalue weighted by Crippen LogP contribution is 2.27. The van der Waals surface area contributed by atoms with Crippen molar-refractivity contribution in [1.82, 2.24) is 0 Å². The Bertz CT molecular complexity index is 769. The van der Waals surface area contributed by atoms with Crippen LogP contribution in [0.3, 0.4) is 0 Å². The SMILES string of the molecule is COC(=O)c1cc(N)ccc1C(=O)c1ccc(N(C)C)cc1O. The van der Waals surface area contributed by atoms with Crippen LogP contribution in [-0.4, -0.2) is 38.1 Å². The number of benzene rings is 2. The van der Waals surface area contributed by atoms with Gasteiger partial charge in [0.1, 0.15) is 5.75 Å². The third-order valence-electron chi connectivity index (χ3n) is 3.44. The van der Waals surface area contributed by atoms with Gasteiger partial charge in [-0.05, 0) is 30.3 Å². The highest BCUT2D eigenvalue weighted by atomic mass is 16.5. The second kappa shape index (κ2) is 6.39. The van der Waals surface area contributed by atoms with E-state index in [1.165, 1.54) is 37.4 Å². The summed E-state index contributed by atoms with van der Waals surface area (Å²) in [5, 5.41) is 10.1. The van der Waals surface area contributed by atoms with Crippen molar-refractivity contribution in [2.45, 2.75) is 0 Å². The van der Waals surface area contributed by atoms with Crippen LogP contribution in [0.2, 0.25) is 0 Å². The molecule has 0 amide bonds. The lowest BCUT2D eigenvalue weighted by Gasteiger charge is -2.14. The molecule has 0 saturated carbocycles. The lowest BCUT2D eigenvalue weighted by atomic mass is 9.97. The predicted molar refractivity (Wildman–Crippen MR) is 88.1 cm³/mol. The molecule has 0 spiro atoms. The number of anilines is 2. The van der Waals surface area contributed by atoms with Crippen molar-refractivity contribution in [1.29, 1.82) is 0 Å². The molecule has 2 aromatic rings. The number of rotatable bonds is 4. The van der Waals surface area contributed by atoms with Crippen LogP contribution in [0, 0.1) is 0 Å². The number of nitrogens with zero attached hydrogens (tertiary/aromatic N) is 1. The van der Waals surface area contributed by atoms with Crippen LogP contribution in [0.5, 0.6) is 5.75 Å². The minimum Gasteiger partial charge on any atom is -0.507 e. The number of esters is 1. The Morgan fingerprint density at radius 3 is 2.26 bits per heavy atom. The van der Waals surface area contributed by atoms with Gasteiger partial charge in [0, 0.05) is 37.1 Å². The number of nitrogen functional groups attached to an aromatic ring is 1. The monoisotopic (exact) mass is 314 g/mol. The van der Waals surface area contributed by atoms with Gasteiger partial charge < -0.3 is 20.5 Å². The topological polar surface area (TPSA) is 92.9 Å². The summed E-state index contributed by atoms with van der Waals surface area (Å²) >= 11 is 0. The van der Waals surface area contributed by atoms with Crippen molar-refractivity contribution < 1.29 is 19.4 Å². The van der Waals surface area contributed by atoms with Crippen LogP contribution in [0.15, 0.2) is 36.4 Å². The van der Waals surface area contributed by atoms with E-state index in [0.717, 1.165) is 5.69 Å². The molecular formula is C17H18N2O4. The molecule has 6 heteroatoms. The van der Waals surface area contributed by atoms with Crippen LogP contribution in [0.1, 0.15) is 26.3 Å². The van der Waals surface area contributed by atoms with Crippen LogP contribution >= 0.6 is 0 Å². The first-order valence-electron chi connectivity index (χ1n) is 6.88. The van der Waals surface area contributed by atoms with E-state index in [1.54, 1.807) is 11.0 Å². The zero-order chi connectivity index (χ0) is 17.1. The maximum Gasteiger partial charge on any atom is 0.338 e. The largest absolute Gasteiger partial charge is 0.507 e. The van der Waals surface area contributed by atoms with Crippen molar-refractivity contribution in [3.63, 3.8) is 0 Å². The summed E-state index contributed by atoms with van der Waals surface area (Å²) in [4.78, 5) is 26.3. The number of nitrogens with two attached hydrogens (primary N) is 1. The molecule has 0 aliphatic heterocycles. The molecule has 0 aromatic heterocycles. The zero-order valence-corrected chi connectivity index (χ0v) is 13.2. The molecule has 2 rings (SSSR count). The van der Waals surface area contributed by atoms with Gasteiger partial charge in [0.25, 0.3) is 0 Å². The summed E-state index contributed by atoms with van der Waals surface area (Å²) in [7, 11) is 4.88. The fourth-order valence-corrected chi connectivity index (χ4v) is 2.17. The van der Waals surface area contributed by atoms with E-state index in [4.69, 9.17) is 5.73 Å². The van der Waals surface area contributed by atoms with Gasteiger partial charge in [0.05, 0.1) is 18.2 Å². The average molecular weight is 314 g/mol. The molecule has 2 aromatic carbocycles. The van der Waals surface area contributed by atoms with Crippen molar-refractivity contribution in [3.05, 3.63) is 53.1 Å². The minimum atomic E-state index is -0.662. The Labute approximate surface area is 134 Å². The highest BCUT2D eigenvalue weighted by molar-refractivity contribution is 6.16. The number of phenolic OH excluding ortho intramolecular Hbond substituents is 1. The number of ether oxygens (including phenoxy) is 1. The number of ketones is 1. The molecule has 6 nitrogen and oxygen atoms in total. The quantitative estimate of drug-likeness (QED) is 0.510. The normalized spacial score (nSPS) is 10.2. The maximum absolute atomic E-state index is 12.7. The van der Waals surface area contributed by atoms with Gasteiger partial charge in [-0.3, -0.25) is 4.79 Å². The van der Waals surface area contributed by atoms with Gasteiger partial charge >= 0.3 is 5.97 Å². The molecule has 0 bridgehead atoms. The number of hydrogen-bond donors (Lipinski definition) is 2. The molecule has 0 aliphatic carbocycles. The number of carbonyl (C=O) groups excluding carboxylic acids is 2. The molecule has 0 aliphatic rings. The third-order valence-corrected chi connectivity index (χ3v) is 3.44. The minimum absolute atomic E-state index is 0.0635. The number of carbonyl (C=O) groups is 2. The second-order valence-electron chi connectivity index (χ2n) is 5.22. The first kappa shape index (κ1) is 16.4. The predicted octanol–water partition coefficient (Wildman–Crippen LogP) is 2.06. The van der Waals surface area contributed by atoms with Crippen LogP contribution in [-0.2, 0) is 4.74 Å². The second-order valence-corrected chi connectivity index (χ2v) is 5.22. The molecule has 0 atom stereocenters. The van der Waals surface area contributed by atoms with Gasteiger partial charge in [-0.2, -0.15) is 0 Å². The van der Waals surface area contributed by atoms with Crippen LogP contribution < -0.4 is 10.6 Å². The van der Waals surface area contributed by atoms with Crippen LogP contribution in [0.4, 0.5) is 11.4 Å². The van der Waals surface area contributed by atoms with Gasteiger partial charge in [-0.25, -0.2) is 4.79 Å². The molecular weight excluding hydrogens is 296 g/mol. The smallest absolute Gasteiger partial charge is 0.338 e. The number of methoxy groups -OCH3 is 1. The summed E-state index contributed by atoms with van der Waals surface area (Å²) in [6, 6.07) is 9.06. The Kier molecular flexibility index (Phi) is 4.55. The summed E-state index contributed by atoms with van der Waals surface area (Å²) in [5.74, 6) is -1.30. The van der Waals surface area contributed by atoms with E-state index in [2.05, 4.69) is 4.74 Å². The molecule has 120 valence electrons. The summed E-state index contributed by atoms with van der Waals surface area (Å²) in [6.07, 6.45) is 0. The van der Waals surface area contributed by atoms with Gasteiger partial charge in [-0.1, -0.05) is 0 Å². The Balaban J connectivity index is 2.51. The van der Waals surface area contributed by atoms with E-state index in [-0.39, 0.29) is 22.4 Å². The molecule has 0 saturated heterocycles. The van der Waals surface area contributed by atoms with Crippen molar-refractivity contribution in [2.75, 3.05) is 31.8 Å². The fourth-order valence-electron chi connectivity index (χ4n) is 2.17. The molecule has 23 heavy (non-hydrogen) atoms. The van der Waals surface area contributed by atoms with Crippen molar-refractivity contribution in [3.8, 4) is 5.75 Å². The van der Waals surface area contributed by atoms with E-state index in [0.29, 0.717) is 5.69 Å². The standard InChI is InChI=1S/C17H18N2O4/c1-19(2)11-5-7-13(15(20)9-11)16(21)12-6-4-10(18)8-14(12)17(22)23-3/h4-9,20H,18H2,1-3H3. The average Bonchev–Trinajstić information content (AvgIpc) is 2.53. The first-order chi connectivity index (χ1) is 10.8. The number of hydrogen-bond acceptors (Lipinski definition) is 6. The van der Waals surface area contributed by atoms with Crippen LogP contribution in [0.25, 0.3) is 0 Å². The van der Waals surface area contributed by atoms with Crippen molar-refractivity contribution >= 4 is 23.1 Å². The Morgan fingerprint density at radius 2 is 1.70 bits per heavy atom. The van der Waals surface area contributed by atoms with E-state index in [9.17, 15) is 14.7 Å². The summed E-state index contributed by atoms with van der Waals surface area (Å²) in [5.41, 5.74) is 7.05. The lowest BCUT2D eigenvalue weighted by molar-refractivity contribution is 0.0597. The van der Waals surface area contributed by atoms with E-state index >= 15 is 0 Å². The molecule has 3 N–H and O–H groups in total. The Morgan fingerprint density at radius 1 is 1.04 bits per heavy atom.